The fraction of sp³-hybridized carbons (Fsp3) is 0.568. The number of carbonyl (C=O) groups excluding carboxylic acids is 4. The lowest BCUT2D eigenvalue weighted by Gasteiger charge is -2.27. The SMILES string of the molecule is COc1ccc(C[C@@H](NC(=O)/C=C/CC[C@H](C)[C@H]2CC2c2ccc(COC(=O)N(C)CC(C)(C)S)cc2)C(=O)NCC(C)(C)C(=O)O[C@@H](CC(C)C)C(=O)O)cc1Cl. The third kappa shape index (κ3) is 15.8. The summed E-state index contributed by atoms with van der Waals surface area (Å²) in [6, 6.07) is 12.3. The number of methoxy groups -OCH3 is 1. The normalized spacial score (nSPS) is 16.9. The van der Waals surface area contributed by atoms with Gasteiger partial charge in [-0.3, -0.25) is 14.4 Å². The number of esters is 1. The van der Waals surface area contributed by atoms with E-state index < -0.39 is 41.3 Å². The van der Waals surface area contributed by atoms with Gasteiger partial charge in [0, 0.05) is 31.3 Å². The standard InChI is InChI=1S/C44H62ClN3O9S/c1-27(2)20-37(40(51)52)57-41(53)43(4,5)25-46-39(50)35(22-30-16-19-36(55-9)34(45)21-30)47-38(49)13-11-10-12-28(3)32-23-33(32)31-17-14-29(15-18-31)24-56-42(54)48(8)26-44(6,7)58/h11,13-19,21,27-28,32-33,35,37,58H,10,12,20,22-26H2,1-9H3,(H,46,50)(H,47,49)(H,51,52)/b13-11+/t28-,32+,33?,35+,37-/m0/s1. The van der Waals surface area contributed by atoms with Gasteiger partial charge in [0.25, 0.3) is 0 Å². The van der Waals surface area contributed by atoms with Crippen molar-refractivity contribution < 1.29 is 43.3 Å². The van der Waals surface area contributed by atoms with Gasteiger partial charge in [-0.1, -0.05) is 68.8 Å². The molecule has 14 heteroatoms. The first-order chi connectivity index (χ1) is 27.1. The average molecular weight is 845 g/mol. The van der Waals surface area contributed by atoms with Gasteiger partial charge in [-0.15, -0.1) is 0 Å². The summed E-state index contributed by atoms with van der Waals surface area (Å²) < 4.78 is 15.7. The minimum Gasteiger partial charge on any atom is -0.495 e. The number of hydrogen-bond donors (Lipinski definition) is 4. The lowest BCUT2D eigenvalue weighted by atomic mass is 9.93. The van der Waals surface area contributed by atoms with Crippen LogP contribution in [0.25, 0.3) is 0 Å². The largest absolute Gasteiger partial charge is 0.495 e. The number of aliphatic carboxylic acids is 1. The third-order valence-electron chi connectivity index (χ3n) is 10.1. The fourth-order valence-electron chi connectivity index (χ4n) is 6.67. The molecule has 1 saturated carbocycles. The number of allylic oxidation sites excluding steroid dienone is 1. The minimum absolute atomic E-state index is 0.0120. The fourth-order valence-corrected chi connectivity index (χ4v) is 7.17. The monoisotopic (exact) mass is 843 g/mol. The summed E-state index contributed by atoms with van der Waals surface area (Å²) in [5, 5.41) is 15.4. The van der Waals surface area contributed by atoms with E-state index in [1.165, 1.54) is 23.6 Å². The summed E-state index contributed by atoms with van der Waals surface area (Å²) in [5.41, 5.74) is 1.61. The molecule has 0 spiro atoms. The Morgan fingerprint density at radius 1 is 1.03 bits per heavy atom. The second kappa shape index (κ2) is 21.7. The van der Waals surface area contributed by atoms with Crippen molar-refractivity contribution in [1.29, 1.82) is 0 Å². The van der Waals surface area contributed by atoms with Crippen LogP contribution in [0.15, 0.2) is 54.6 Å². The van der Waals surface area contributed by atoms with Crippen LogP contribution in [0, 0.1) is 23.2 Å². The van der Waals surface area contributed by atoms with Gasteiger partial charge in [0.1, 0.15) is 18.4 Å². The van der Waals surface area contributed by atoms with Crippen molar-refractivity contribution in [2.24, 2.45) is 23.2 Å². The molecule has 58 heavy (non-hydrogen) atoms. The molecule has 320 valence electrons. The van der Waals surface area contributed by atoms with Crippen molar-refractivity contribution in [3.63, 3.8) is 0 Å². The highest BCUT2D eigenvalue weighted by molar-refractivity contribution is 7.81. The molecule has 1 aliphatic rings. The molecule has 3 N–H and O–H groups in total. The average Bonchev–Trinajstić information content (AvgIpc) is 3.95. The molecule has 1 unspecified atom stereocenters. The van der Waals surface area contributed by atoms with Crippen LogP contribution in [0.1, 0.15) is 96.8 Å². The third-order valence-corrected chi connectivity index (χ3v) is 10.5. The van der Waals surface area contributed by atoms with E-state index in [-0.39, 0.29) is 42.8 Å². The number of thiol groups is 1. The van der Waals surface area contributed by atoms with Gasteiger partial charge < -0.3 is 34.9 Å². The Morgan fingerprint density at radius 2 is 1.69 bits per heavy atom. The maximum absolute atomic E-state index is 13.6. The number of carboxylic acid groups (broad SMARTS) is 1. The van der Waals surface area contributed by atoms with Crippen LogP contribution < -0.4 is 15.4 Å². The molecule has 0 radical (unpaired) electrons. The van der Waals surface area contributed by atoms with Crippen LogP contribution in [0.2, 0.25) is 5.02 Å². The van der Waals surface area contributed by atoms with Crippen LogP contribution >= 0.6 is 24.2 Å². The maximum atomic E-state index is 13.6. The van der Waals surface area contributed by atoms with E-state index in [9.17, 15) is 29.1 Å². The lowest BCUT2D eigenvalue weighted by molar-refractivity contribution is -0.171. The zero-order chi connectivity index (χ0) is 43.4. The lowest BCUT2D eigenvalue weighted by Crippen LogP contribution is -2.51. The van der Waals surface area contributed by atoms with Gasteiger partial charge in [0.15, 0.2) is 6.10 Å². The van der Waals surface area contributed by atoms with Gasteiger partial charge in [0.05, 0.1) is 17.5 Å². The molecule has 0 aromatic heterocycles. The molecule has 1 aliphatic carbocycles. The molecule has 1 fully saturated rings. The molecule has 0 saturated heterocycles. The molecule has 3 amide bonds. The van der Waals surface area contributed by atoms with Gasteiger partial charge >= 0.3 is 18.0 Å². The molecule has 3 rings (SSSR count). The van der Waals surface area contributed by atoms with Gasteiger partial charge in [-0.25, -0.2) is 9.59 Å². The first kappa shape index (κ1) is 48.1. The maximum Gasteiger partial charge on any atom is 0.409 e. The first-order valence-corrected chi connectivity index (χ1v) is 20.6. The van der Waals surface area contributed by atoms with E-state index in [1.54, 1.807) is 39.1 Å². The second-order valence-corrected chi connectivity index (χ2v) is 18.7. The Labute approximate surface area is 354 Å². The second-order valence-electron chi connectivity index (χ2n) is 17.1. The van der Waals surface area contributed by atoms with Crippen LogP contribution in [-0.2, 0) is 41.7 Å². The molecule has 5 atom stereocenters. The minimum atomic E-state index is -1.30. The van der Waals surface area contributed by atoms with Crippen molar-refractivity contribution in [3.05, 3.63) is 76.3 Å². The predicted octanol–water partition coefficient (Wildman–Crippen LogP) is 7.61. The number of rotatable bonds is 22. The van der Waals surface area contributed by atoms with E-state index in [0.717, 1.165) is 18.4 Å². The number of carbonyl (C=O) groups is 5. The topological polar surface area (TPSA) is 161 Å². The summed E-state index contributed by atoms with van der Waals surface area (Å²) in [6.45, 7) is 13.4. The summed E-state index contributed by atoms with van der Waals surface area (Å²) in [4.78, 5) is 65.2. The molecule has 2 aromatic rings. The van der Waals surface area contributed by atoms with Crippen molar-refractivity contribution in [3.8, 4) is 5.75 Å². The summed E-state index contributed by atoms with van der Waals surface area (Å²) in [6.07, 6.45) is 4.46. The Balaban J connectivity index is 1.54. The highest BCUT2D eigenvalue weighted by Gasteiger charge is 2.41. The number of hydrogen-bond acceptors (Lipinski definition) is 9. The molecule has 2 aromatic carbocycles. The van der Waals surface area contributed by atoms with E-state index >= 15 is 0 Å². The Morgan fingerprint density at radius 3 is 2.28 bits per heavy atom. The highest BCUT2D eigenvalue weighted by Crippen LogP contribution is 2.52. The first-order valence-electron chi connectivity index (χ1n) is 19.8. The number of nitrogens with one attached hydrogen (secondary N) is 2. The van der Waals surface area contributed by atoms with Gasteiger partial charge in [-0.2, -0.15) is 12.6 Å². The van der Waals surface area contributed by atoms with Crippen molar-refractivity contribution in [2.45, 2.75) is 110 Å². The van der Waals surface area contributed by atoms with E-state index in [1.807, 2.05) is 45.9 Å². The number of halogens is 1. The number of ether oxygens (including phenoxy) is 3. The van der Waals surface area contributed by atoms with Crippen LogP contribution in [0.5, 0.6) is 5.75 Å². The molecular formula is C44H62ClN3O9S. The van der Waals surface area contributed by atoms with E-state index in [2.05, 4.69) is 42.3 Å². The Bertz CT molecular complexity index is 1760. The number of amides is 3. The van der Waals surface area contributed by atoms with E-state index in [4.69, 9.17) is 25.8 Å². The number of carboxylic acids is 1. The summed E-state index contributed by atoms with van der Waals surface area (Å²) in [7, 11) is 3.20. The molecule has 12 nitrogen and oxygen atoms in total. The number of benzene rings is 2. The summed E-state index contributed by atoms with van der Waals surface area (Å²) >= 11 is 10.8. The zero-order valence-electron chi connectivity index (χ0n) is 35.3. The highest BCUT2D eigenvalue weighted by atomic mass is 35.5. The molecular weight excluding hydrogens is 782 g/mol. The zero-order valence-corrected chi connectivity index (χ0v) is 37.0. The quantitative estimate of drug-likeness (QED) is 0.0532. The van der Waals surface area contributed by atoms with Gasteiger partial charge in [0.2, 0.25) is 11.8 Å². The van der Waals surface area contributed by atoms with Crippen molar-refractivity contribution in [1.82, 2.24) is 15.5 Å². The Kier molecular flexibility index (Phi) is 18.0. The molecule has 0 aliphatic heterocycles. The Hall–Kier alpha value is -4.23. The smallest absolute Gasteiger partial charge is 0.409 e. The summed E-state index contributed by atoms with van der Waals surface area (Å²) in [5.74, 6) is -1.11. The van der Waals surface area contributed by atoms with Gasteiger partial charge in [-0.05, 0) is 112 Å². The number of nitrogens with zero attached hydrogens (tertiary/aromatic N) is 1. The van der Waals surface area contributed by atoms with Crippen LogP contribution in [0.3, 0.4) is 0 Å². The molecule has 0 heterocycles. The van der Waals surface area contributed by atoms with Crippen molar-refractivity contribution >= 4 is 54.1 Å². The van der Waals surface area contributed by atoms with Crippen LogP contribution in [0.4, 0.5) is 4.79 Å². The molecule has 0 bridgehead atoms. The van der Waals surface area contributed by atoms with Crippen LogP contribution in [-0.4, -0.2) is 84.0 Å². The van der Waals surface area contributed by atoms with Crippen molar-refractivity contribution in [2.75, 3.05) is 27.2 Å². The van der Waals surface area contributed by atoms with E-state index in [0.29, 0.717) is 47.1 Å². The predicted molar refractivity (Wildman–Crippen MR) is 228 cm³/mol.